The maximum absolute atomic E-state index is 13.2. The van der Waals surface area contributed by atoms with Crippen LogP contribution in [0.2, 0.25) is 0 Å². The van der Waals surface area contributed by atoms with E-state index in [4.69, 9.17) is 24.3 Å². The molecule has 106 valence electrons. The van der Waals surface area contributed by atoms with Crippen molar-refractivity contribution in [3.05, 3.63) is 24.0 Å². The van der Waals surface area contributed by atoms with Gasteiger partial charge in [-0.1, -0.05) is 0 Å². The van der Waals surface area contributed by atoms with Crippen LogP contribution in [0.1, 0.15) is 6.42 Å². The minimum absolute atomic E-state index is 0.0614. The van der Waals surface area contributed by atoms with Gasteiger partial charge in [-0.25, -0.2) is 4.39 Å². The van der Waals surface area contributed by atoms with Gasteiger partial charge in [-0.2, -0.15) is 0 Å². The number of methoxy groups -OCH3 is 1. The lowest BCUT2D eigenvalue weighted by molar-refractivity contribution is 0.0644. The Morgan fingerprint density at radius 3 is 2.58 bits per heavy atom. The molecular weight excluding hydrogens is 254 g/mol. The van der Waals surface area contributed by atoms with Crippen LogP contribution in [-0.2, 0) is 9.47 Å². The SMILES string of the molecule is COCCOCCCOc1cc(F)cc(B(O)O)c1. The lowest BCUT2D eigenvalue weighted by atomic mass is 9.80. The van der Waals surface area contributed by atoms with E-state index in [1.165, 1.54) is 12.1 Å². The van der Waals surface area contributed by atoms with Crippen LogP contribution in [-0.4, -0.2) is 50.7 Å². The van der Waals surface area contributed by atoms with Crippen molar-refractivity contribution < 1.29 is 28.6 Å². The molecule has 19 heavy (non-hydrogen) atoms. The van der Waals surface area contributed by atoms with E-state index >= 15 is 0 Å². The topological polar surface area (TPSA) is 68.2 Å². The van der Waals surface area contributed by atoms with E-state index in [1.54, 1.807) is 7.11 Å². The number of hydrogen-bond donors (Lipinski definition) is 2. The number of halogens is 1. The molecule has 5 nitrogen and oxygen atoms in total. The summed E-state index contributed by atoms with van der Waals surface area (Å²) in [5, 5.41) is 17.9. The average molecular weight is 272 g/mol. The molecule has 1 rings (SSSR count). The van der Waals surface area contributed by atoms with Crippen molar-refractivity contribution in [3.63, 3.8) is 0 Å². The average Bonchev–Trinajstić information content (AvgIpc) is 2.37. The Labute approximate surface area is 112 Å². The second-order valence-corrected chi connectivity index (χ2v) is 3.90. The zero-order chi connectivity index (χ0) is 14.1. The molecule has 0 atom stereocenters. The van der Waals surface area contributed by atoms with Crippen LogP contribution in [0, 0.1) is 5.82 Å². The first-order chi connectivity index (χ1) is 9.13. The summed E-state index contributed by atoms with van der Waals surface area (Å²) in [5.41, 5.74) is 0.0614. The molecular formula is C12H18BFO5. The molecule has 0 radical (unpaired) electrons. The van der Waals surface area contributed by atoms with Gasteiger partial charge < -0.3 is 24.3 Å². The number of rotatable bonds is 9. The van der Waals surface area contributed by atoms with Crippen LogP contribution in [0.5, 0.6) is 5.75 Å². The highest BCUT2D eigenvalue weighted by Gasteiger charge is 2.13. The Balaban J connectivity index is 2.29. The first-order valence-electron chi connectivity index (χ1n) is 5.99. The fourth-order valence-corrected chi connectivity index (χ4v) is 1.41. The highest BCUT2D eigenvalue weighted by Crippen LogP contribution is 2.11. The minimum Gasteiger partial charge on any atom is -0.493 e. The van der Waals surface area contributed by atoms with Crippen molar-refractivity contribution in [2.45, 2.75) is 6.42 Å². The van der Waals surface area contributed by atoms with Crippen molar-refractivity contribution in [2.75, 3.05) is 33.5 Å². The largest absolute Gasteiger partial charge is 0.493 e. The van der Waals surface area contributed by atoms with Crippen molar-refractivity contribution in [1.29, 1.82) is 0 Å². The van der Waals surface area contributed by atoms with Gasteiger partial charge in [-0.15, -0.1) is 0 Å². The van der Waals surface area contributed by atoms with E-state index < -0.39 is 12.9 Å². The molecule has 0 aliphatic heterocycles. The maximum Gasteiger partial charge on any atom is 0.488 e. The van der Waals surface area contributed by atoms with Gasteiger partial charge in [0.2, 0.25) is 0 Å². The molecule has 0 saturated heterocycles. The first-order valence-corrected chi connectivity index (χ1v) is 5.99. The lowest BCUT2D eigenvalue weighted by Crippen LogP contribution is -2.30. The molecule has 0 aromatic heterocycles. The predicted molar refractivity (Wildman–Crippen MR) is 69.0 cm³/mol. The Morgan fingerprint density at radius 1 is 1.11 bits per heavy atom. The number of ether oxygens (including phenoxy) is 3. The highest BCUT2D eigenvalue weighted by atomic mass is 19.1. The molecule has 0 bridgehead atoms. The Kier molecular flexibility index (Phi) is 7.43. The van der Waals surface area contributed by atoms with Gasteiger partial charge in [-0.05, 0) is 17.6 Å². The number of hydrogen-bond acceptors (Lipinski definition) is 5. The molecule has 0 saturated carbocycles. The van der Waals surface area contributed by atoms with E-state index in [-0.39, 0.29) is 11.2 Å². The molecule has 2 N–H and O–H groups in total. The van der Waals surface area contributed by atoms with Gasteiger partial charge in [-0.3, -0.25) is 0 Å². The van der Waals surface area contributed by atoms with E-state index in [2.05, 4.69) is 0 Å². The van der Waals surface area contributed by atoms with Gasteiger partial charge in [0.25, 0.3) is 0 Å². The predicted octanol–water partition coefficient (Wildman–Crippen LogP) is -0.0626. The van der Waals surface area contributed by atoms with Crippen LogP contribution in [0.3, 0.4) is 0 Å². The molecule has 0 amide bonds. The molecule has 7 heteroatoms. The molecule has 0 unspecified atom stereocenters. The Morgan fingerprint density at radius 2 is 1.89 bits per heavy atom. The molecule has 1 aromatic carbocycles. The summed E-state index contributed by atoms with van der Waals surface area (Å²) in [4.78, 5) is 0. The summed E-state index contributed by atoms with van der Waals surface area (Å²) in [6, 6.07) is 3.63. The molecule has 0 aliphatic rings. The van der Waals surface area contributed by atoms with E-state index in [0.717, 1.165) is 6.07 Å². The van der Waals surface area contributed by atoms with E-state index in [1.807, 2.05) is 0 Å². The van der Waals surface area contributed by atoms with Crippen LogP contribution in [0.15, 0.2) is 18.2 Å². The van der Waals surface area contributed by atoms with Crippen LogP contribution in [0.4, 0.5) is 4.39 Å². The van der Waals surface area contributed by atoms with Crippen molar-refractivity contribution in [1.82, 2.24) is 0 Å². The third-order valence-electron chi connectivity index (χ3n) is 2.33. The lowest BCUT2D eigenvalue weighted by Gasteiger charge is -2.08. The molecule has 0 spiro atoms. The van der Waals surface area contributed by atoms with Crippen molar-refractivity contribution in [3.8, 4) is 5.75 Å². The third-order valence-corrected chi connectivity index (χ3v) is 2.33. The third kappa shape index (κ3) is 6.54. The molecule has 1 aromatic rings. The quantitative estimate of drug-likeness (QED) is 0.487. The number of benzene rings is 1. The fraction of sp³-hybridized carbons (Fsp3) is 0.500. The summed E-state index contributed by atoms with van der Waals surface area (Å²) < 4.78 is 28.5. The smallest absolute Gasteiger partial charge is 0.488 e. The summed E-state index contributed by atoms with van der Waals surface area (Å²) in [5.74, 6) is -0.308. The van der Waals surface area contributed by atoms with Gasteiger partial charge in [0.05, 0.1) is 19.8 Å². The van der Waals surface area contributed by atoms with E-state index in [9.17, 15) is 4.39 Å². The second-order valence-electron chi connectivity index (χ2n) is 3.90. The Bertz CT molecular complexity index is 375. The second kappa shape index (κ2) is 8.87. The van der Waals surface area contributed by atoms with Gasteiger partial charge in [0.15, 0.2) is 0 Å². The summed E-state index contributed by atoms with van der Waals surface area (Å²) in [7, 11) is -0.112. The van der Waals surface area contributed by atoms with Gasteiger partial charge in [0.1, 0.15) is 11.6 Å². The fourth-order valence-electron chi connectivity index (χ4n) is 1.41. The summed E-state index contributed by atoms with van der Waals surface area (Å²) in [6.07, 6.45) is 0.650. The van der Waals surface area contributed by atoms with Gasteiger partial charge >= 0.3 is 7.12 Å². The normalized spacial score (nSPS) is 10.5. The zero-order valence-corrected chi connectivity index (χ0v) is 10.8. The van der Waals surface area contributed by atoms with Crippen molar-refractivity contribution >= 4 is 12.6 Å². The maximum atomic E-state index is 13.2. The van der Waals surface area contributed by atoms with Gasteiger partial charge in [0, 0.05) is 26.2 Å². The van der Waals surface area contributed by atoms with Crippen LogP contribution >= 0.6 is 0 Å². The summed E-state index contributed by atoms with van der Waals surface area (Å²) in [6.45, 7) is 1.95. The van der Waals surface area contributed by atoms with Crippen molar-refractivity contribution in [2.24, 2.45) is 0 Å². The Hall–Kier alpha value is -1.15. The molecule has 0 heterocycles. The molecule has 0 aliphatic carbocycles. The zero-order valence-electron chi connectivity index (χ0n) is 10.8. The minimum atomic E-state index is -1.71. The first kappa shape index (κ1) is 15.9. The van der Waals surface area contributed by atoms with Crippen LogP contribution in [0.25, 0.3) is 0 Å². The standard InChI is InChI=1S/C12H18BFO5/c1-17-5-6-18-3-2-4-19-12-8-10(13(15)16)7-11(14)9-12/h7-9,15-16H,2-6H2,1H3. The van der Waals surface area contributed by atoms with E-state index in [0.29, 0.717) is 32.8 Å². The highest BCUT2D eigenvalue weighted by molar-refractivity contribution is 6.58. The molecule has 0 fully saturated rings. The summed E-state index contributed by atoms with van der Waals surface area (Å²) >= 11 is 0. The monoisotopic (exact) mass is 272 g/mol. The van der Waals surface area contributed by atoms with Crippen LogP contribution < -0.4 is 10.2 Å².